The van der Waals surface area contributed by atoms with Crippen LogP contribution < -0.4 is 9.62 Å². The lowest BCUT2D eigenvalue weighted by molar-refractivity contribution is -0.140. The SMILES string of the molecule is Cc1ccccc1CN(C(=O)CN(c1cccc(C)c1C)S(=O)(=O)c1ccccc1)C(Cc1ccccc1)C(=O)NC1CCCCC1. The van der Waals surface area contributed by atoms with E-state index in [0.29, 0.717) is 12.1 Å². The third kappa shape index (κ3) is 8.30. The Hall–Kier alpha value is -4.43. The number of hydrogen-bond acceptors (Lipinski definition) is 4. The number of anilines is 1. The van der Waals surface area contributed by atoms with Gasteiger partial charge in [-0.25, -0.2) is 8.42 Å². The summed E-state index contributed by atoms with van der Waals surface area (Å²) in [6.07, 6.45) is 5.38. The van der Waals surface area contributed by atoms with E-state index in [9.17, 15) is 18.0 Å². The molecule has 0 saturated heterocycles. The second-order valence-electron chi connectivity index (χ2n) is 12.5. The molecule has 1 saturated carbocycles. The number of sulfonamides is 1. The molecule has 0 heterocycles. The highest BCUT2D eigenvalue weighted by Crippen LogP contribution is 2.29. The summed E-state index contributed by atoms with van der Waals surface area (Å²) in [4.78, 5) is 30.7. The highest BCUT2D eigenvalue weighted by atomic mass is 32.2. The van der Waals surface area contributed by atoms with Crippen LogP contribution in [0, 0.1) is 20.8 Å². The third-order valence-corrected chi connectivity index (χ3v) is 11.1. The van der Waals surface area contributed by atoms with E-state index in [1.807, 2.05) is 81.4 Å². The first-order valence-electron chi connectivity index (χ1n) is 16.5. The molecule has 246 valence electrons. The zero-order chi connectivity index (χ0) is 33.4. The summed E-state index contributed by atoms with van der Waals surface area (Å²) < 4.78 is 29.8. The molecule has 2 amide bonds. The topological polar surface area (TPSA) is 86.8 Å². The summed E-state index contributed by atoms with van der Waals surface area (Å²) in [7, 11) is -4.15. The molecule has 0 bridgehead atoms. The Morgan fingerprint density at radius 2 is 1.38 bits per heavy atom. The van der Waals surface area contributed by atoms with Crippen LogP contribution in [0.4, 0.5) is 5.69 Å². The van der Waals surface area contributed by atoms with Crippen molar-refractivity contribution in [3.8, 4) is 0 Å². The van der Waals surface area contributed by atoms with E-state index in [-0.39, 0.29) is 23.4 Å². The minimum Gasteiger partial charge on any atom is -0.352 e. The zero-order valence-electron chi connectivity index (χ0n) is 27.6. The third-order valence-electron chi connectivity index (χ3n) is 9.28. The summed E-state index contributed by atoms with van der Waals surface area (Å²) in [5, 5.41) is 3.27. The van der Waals surface area contributed by atoms with E-state index in [1.165, 1.54) is 4.31 Å². The van der Waals surface area contributed by atoms with Crippen molar-refractivity contribution in [1.82, 2.24) is 10.2 Å². The van der Waals surface area contributed by atoms with Crippen LogP contribution in [0.25, 0.3) is 0 Å². The van der Waals surface area contributed by atoms with E-state index >= 15 is 0 Å². The second kappa shape index (κ2) is 15.4. The predicted octanol–water partition coefficient (Wildman–Crippen LogP) is 6.90. The van der Waals surface area contributed by atoms with Crippen molar-refractivity contribution in [1.29, 1.82) is 0 Å². The molecular weight excluding hydrogens is 607 g/mol. The van der Waals surface area contributed by atoms with Crippen LogP contribution in [0.5, 0.6) is 0 Å². The van der Waals surface area contributed by atoms with Gasteiger partial charge < -0.3 is 10.2 Å². The van der Waals surface area contributed by atoms with Gasteiger partial charge in [-0.15, -0.1) is 0 Å². The van der Waals surface area contributed by atoms with Crippen LogP contribution in [-0.2, 0) is 32.6 Å². The van der Waals surface area contributed by atoms with Crippen molar-refractivity contribution in [2.24, 2.45) is 0 Å². The lowest BCUT2D eigenvalue weighted by Crippen LogP contribution is -2.55. The Balaban J connectivity index is 1.59. The number of nitrogens with zero attached hydrogens (tertiary/aromatic N) is 2. The van der Waals surface area contributed by atoms with Crippen LogP contribution in [0.1, 0.15) is 59.9 Å². The molecule has 7 nitrogen and oxygen atoms in total. The molecule has 4 aromatic carbocycles. The molecule has 8 heteroatoms. The first kappa shape index (κ1) is 33.9. The highest BCUT2D eigenvalue weighted by Gasteiger charge is 2.36. The van der Waals surface area contributed by atoms with Crippen molar-refractivity contribution >= 4 is 27.5 Å². The van der Waals surface area contributed by atoms with Crippen LogP contribution in [0.15, 0.2) is 108 Å². The molecule has 1 atom stereocenters. The maximum Gasteiger partial charge on any atom is 0.264 e. The number of rotatable bonds is 12. The van der Waals surface area contributed by atoms with Crippen LogP contribution in [0.2, 0.25) is 0 Å². The van der Waals surface area contributed by atoms with Gasteiger partial charge in [-0.05, 0) is 79.6 Å². The van der Waals surface area contributed by atoms with Gasteiger partial charge in [0.25, 0.3) is 10.0 Å². The van der Waals surface area contributed by atoms with Gasteiger partial charge in [0.2, 0.25) is 11.8 Å². The van der Waals surface area contributed by atoms with E-state index < -0.39 is 28.5 Å². The van der Waals surface area contributed by atoms with Gasteiger partial charge in [-0.3, -0.25) is 13.9 Å². The minimum absolute atomic E-state index is 0.0508. The fourth-order valence-electron chi connectivity index (χ4n) is 6.31. The molecule has 1 aliphatic rings. The lowest BCUT2D eigenvalue weighted by Gasteiger charge is -2.35. The number of nitrogens with one attached hydrogen (secondary N) is 1. The van der Waals surface area contributed by atoms with E-state index in [4.69, 9.17) is 0 Å². The van der Waals surface area contributed by atoms with Gasteiger partial charge in [0.15, 0.2) is 0 Å². The highest BCUT2D eigenvalue weighted by molar-refractivity contribution is 7.92. The number of hydrogen-bond donors (Lipinski definition) is 1. The van der Waals surface area contributed by atoms with Crippen LogP contribution in [0.3, 0.4) is 0 Å². The summed E-state index contributed by atoms with van der Waals surface area (Å²) in [6, 6.07) is 30.3. The summed E-state index contributed by atoms with van der Waals surface area (Å²) in [5.74, 6) is -0.666. The first-order valence-corrected chi connectivity index (χ1v) is 17.9. The van der Waals surface area contributed by atoms with Crippen molar-refractivity contribution in [2.45, 2.75) is 82.8 Å². The van der Waals surface area contributed by atoms with E-state index in [0.717, 1.165) is 59.9 Å². The molecular formula is C39H45N3O4S. The van der Waals surface area contributed by atoms with Crippen molar-refractivity contribution in [2.75, 3.05) is 10.8 Å². The Kier molecular flexibility index (Phi) is 11.1. The molecule has 1 fully saturated rings. The number of carbonyl (C=O) groups excluding carboxylic acids is 2. The molecule has 5 rings (SSSR count). The van der Waals surface area contributed by atoms with Gasteiger partial charge in [0.1, 0.15) is 12.6 Å². The molecule has 0 radical (unpaired) electrons. The zero-order valence-corrected chi connectivity index (χ0v) is 28.4. The van der Waals surface area contributed by atoms with Crippen LogP contribution >= 0.6 is 0 Å². The van der Waals surface area contributed by atoms with Gasteiger partial charge in [0.05, 0.1) is 10.6 Å². The summed E-state index contributed by atoms with van der Waals surface area (Å²) in [5.41, 5.74) is 4.91. The number of benzene rings is 4. The van der Waals surface area contributed by atoms with Crippen molar-refractivity contribution in [3.63, 3.8) is 0 Å². The Morgan fingerprint density at radius 1 is 0.766 bits per heavy atom. The van der Waals surface area contributed by atoms with Gasteiger partial charge in [0, 0.05) is 19.0 Å². The smallest absolute Gasteiger partial charge is 0.264 e. The molecule has 1 N–H and O–H groups in total. The lowest BCUT2D eigenvalue weighted by atomic mass is 9.94. The predicted molar refractivity (Wildman–Crippen MR) is 188 cm³/mol. The first-order chi connectivity index (χ1) is 22.6. The average molecular weight is 652 g/mol. The molecule has 1 aliphatic carbocycles. The molecule has 47 heavy (non-hydrogen) atoms. The van der Waals surface area contributed by atoms with Gasteiger partial charge in [-0.1, -0.05) is 104 Å². The standard InChI is InChI=1S/C39H45N3O4S/c1-29-17-15-25-36(31(29)3)42(47(45,46)35-23-11-6-12-24-35)28-38(43)41(27-33-20-14-13-16-30(33)2)37(26-32-18-7-4-8-19-32)39(44)40-34-21-9-5-10-22-34/h4,6-8,11-20,23-25,34,37H,5,9-10,21-22,26-28H2,1-3H3,(H,40,44). The second-order valence-corrected chi connectivity index (χ2v) is 14.4. The van der Waals surface area contributed by atoms with Crippen molar-refractivity contribution in [3.05, 3.63) is 131 Å². The van der Waals surface area contributed by atoms with Gasteiger partial charge >= 0.3 is 0 Å². The fourth-order valence-corrected chi connectivity index (χ4v) is 7.80. The molecule has 0 spiro atoms. The quantitative estimate of drug-likeness (QED) is 0.181. The molecule has 1 unspecified atom stereocenters. The summed E-state index contributed by atoms with van der Waals surface area (Å²) in [6.45, 7) is 5.46. The molecule has 0 aliphatic heterocycles. The monoisotopic (exact) mass is 651 g/mol. The Morgan fingerprint density at radius 3 is 2.06 bits per heavy atom. The van der Waals surface area contributed by atoms with Gasteiger partial charge in [-0.2, -0.15) is 0 Å². The fraction of sp³-hybridized carbons (Fsp3) is 0.333. The number of amides is 2. The maximum absolute atomic E-state index is 14.8. The Bertz CT molecular complexity index is 1770. The minimum atomic E-state index is -4.15. The van der Waals surface area contributed by atoms with E-state index in [1.54, 1.807) is 47.4 Å². The molecule has 4 aromatic rings. The average Bonchev–Trinajstić information content (AvgIpc) is 3.08. The van der Waals surface area contributed by atoms with Crippen LogP contribution in [-0.4, -0.2) is 43.8 Å². The summed E-state index contributed by atoms with van der Waals surface area (Å²) >= 11 is 0. The molecule has 0 aromatic heterocycles. The number of aryl methyl sites for hydroxylation is 2. The normalized spacial score (nSPS) is 14.3. The number of carbonyl (C=O) groups is 2. The largest absolute Gasteiger partial charge is 0.352 e. The van der Waals surface area contributed by atoms with E-state index in [2.05, 4.69) is 5.32 Å². The maximum atomic E-state index is 14.8. The Labute approximate surface area is 279 Å². The van der Waals surface area contributed by atoms with Crippen molar-refractivity contribution < 1.29 is 18.0 Å².